The van der Waals surface area contributed by atoms with Crippen LogP contribution in [0.3, 0.4) is 0 Å². The van der Waals surface area contributed by atoms with Gasteiger partial charge >= 0.3 is 5.97 Å². The van der Waals surface area contributed by atoms with Gasteiger partial charge in [-0.3, -0.25) is 4.79 Å². The van der Waals surface area contributed by atoms with Crippen LogP contribution in [0.4, 0.5) is 10.8 Å². The molecule has 0 aliphatic rings. The second kappa shape index (κ2) is 8.50. The van der Waals surface area contributed by atoms with Crippen molar-refractivity contribution in [3.05, 3.63) is 51.9 Å². The van der Waals surface area contributed by atoms with Crippen LogP contribution in [0.5, 0.6) is 11.5 Å². The van der Waals surface area contributed by atoms with Crippen LogP contribution in [0.2, 0.25) is 5.02 Å². The zero-order valence-electron chi connectivity index (χ0n) is 15.6. The van der Waals surface area contributed by atoms with Crippen LogP contribution in [-0.2, 0) is 11.2 Å². The molecular formula is C20H19ClN2O4S. The predicted octanol–water partition coefficient (Wildman–Crippen LogP) is 5.16. The van der Waals surface area contributed by atoms with Crippen molar-refractivity contribution in [1.82, 2.24) is 4.98 Å². The molecular weight excluding hydrogens is 400 g/mol. The number of thiazole rings is 1. The summed E-state index contributed by atoms with van der Waals surface area (Å²) in [6.45, 7) is 1.93. The second-order valence-electron chi connectivity index (χ2n) is 6.02. The van der Waals surface area contributed by atoms with E-state index in [4.69, 9.17) is 21.1 Å². The lowest BCUT2D eigenvalue weighted by Gasteiger charge is -2.09. The lowest BCUT2D eigenvalue weighted by atomic mass is 10.1. The van der Waals surface area contributed by atoms with E-state index < -0.39 is 5.97 Å². The van der Waals surface area contributed by atoms with Crippen LogP contribution in [0.15, 0.2) is 36.4 Å². The summed E-state index contributed by atoms with van der Waals surface area (Å²) in [5.74, 6) is 0.270. The Morgan fingerprint density at radius 2 is 2.00 bits per heavy atom. The topological polar surface area (TPSA) is 80.7 Å². The molecule has 2 aromatic carbocycles. The van der Waals surface area contributed by atoms with Crippen LogP contribution in [-0.4, -0.2) is 30.3 Å². The Morgan fingerprint density at radius 3 is 2.64 bits per heavy atom. The lowest BCUT2D eigenvalue weighted by Crippen LogP contribution is -2.00. The van der Waals surface area contributed by atoms with Crippen LogP contribution < -0.4 is 14.8 Å². The summed E-state index contributed by atoms with van der Waals surface area (Å²) in [6, 6.07) is 10.9. The quantitative estimate of drug-likeness (QED) is 0.551. The van der Waals surface area contributed by atoms with Crippen molar-refractivity contribution in [2.24, 2.45) is 0 Å². The molecule has 3 aromatic rings. The standard InChI is InChI=1S/C20H19ClN2O4S/c1-11-4-5-12(8-15(11)21)22-20-23-19(17(28-20)10-18(24)25)14-7-6-13(26-2)9-16(14)27-3/h4-9H,10H2,1-3H3,(H,22,23)(H,24,25). The highest BCUT2D eigenvalue weighted by Crippen LogP contribution is 2.39. The first-order valence-corrected chi connectivity index (χ1v) is 9.57. The molecule has 0 atom stereocenters. The van der Waals surface area contributed by atoms with Gasteiger partial charge in [-0.05, 0) is 36.8 Å². The van der Waals surface area contributed by atoms with Crippen molar-refractivity contribution < 1.29 is 19.4 Å². The van der Waals surface area contributed by atoms with Crippen molar-refractivity contribution in [3.8, 4) is 22.8 Å². The van der Waals surface area contributed by atoms with Crippen molar-refractivity contribution in [1.29, 1.82) is 0 Å². The summed E-state index contributed by atoms with van der Waals surface area (Å²) >= 11 is 7.47. The van der Waals surface area contributed by atoms with Gasteiger partial charge in [-0.25, -0.2) is 4.98 Å². The van der Waals surface area contributed by atoms with Gasteiger partial charge in [0, 0.05) is 27.2 Å². The average molecular weight is 419 g/mol. The number of nitrogens with zero attached hydrogens (tertiary/aromatic N) is 1. The van der Waals surface area contributed by atoms with E-state index in [-0.39, 0.29) is 6.42 Å². The minimum absolute atomic E-state index is 0.140. The molecule has 0 fully saturated rings. The maximum absolute atomic E-state index is 11.3. The number of ether oxygens (including phenoxy) is 2. The highest BCUT2D eigenvalue weighted by Gasteiger charge is 2.19. The summed E-state index contributed by atoms with van der Waals surface area (Å²) in [7, 11) is 3.12. The van der Waals surface area contributed by atoms with Gasteiger partial charge < -0.3 is 19.9 Å². The van der Waals surface area contributed by atoms with Crippen molar-refractivity contribution in [3.63, 3.8) is 0 Å². The number of carboxylic acids is 1. The molecule has 0 saturated carbocycles. The molecule has 0 amide bonds. The molecule has 0 unspecified atom stereocenters. The molecule has 0 bridgehead atoms. The Morgan fingerprint density at radius 1 is 1.21 bits per heavy atom. The Hall–Kier alpha value is -2.77. The highest BCUT2D eigenvalue weighted by atomic mass is 35.5. The molecule has 8 heteroatoms. The molecule has 0 aliphatic carbocycles. The van der Waals surface area contributed by atoms with E-state index in [1.165, 1.54) is 11.3 Å². The van der Waals surface area contributed by atoms with E-state index in [0.29, 0.717) is 37.8 Å². The van der Waals surface area contributed by atoms with Crippen LogP contribution in [0, 0.1) is 6.92 Å². The number of hydrogen-bond donors (Lipinski definition) is 2. The number of halogens is 1. The summed E-state index contributed by atoms with van der Waals surface area (Å²) < 4.78 is 10.7. The first kappa shape index (κ1) is 20.0. The van der Waals surface area contributed by atoms with Crippen molar-refractivity contribution in [2.45, 2.75) is 13.3 Å². The van der Waals surface area contributed by atoms with Crippen molar-refractivity contribution >= 4 is 39.7 Å². The maximum atomic E-state index is 11.3. The number of nitrogens with one attached hydrogen (secondary N) is 1. The molecule has 2 N–H and O–H groups in total. The average Bonchev–Trinajstić information content (AvgIpc) is 3.05. The van der Waals surface area contributed by atoms with E-state index in [2.05, 4.69) is 10.3 Å². The van der Waals surface area contributed by atoms with Crippen LogP contribution >= 0.6 is 22.9 Å². The molecule has 28 heavy (non-hydrogen) atoms. The van der Waals surface area contributed by atoms with Gasteiger partial charge in [0.2, 0.25) is 0 Å². The van der Waals surface area contributed by atoms with Gasteiger partial charge in [-0.15, -0.1) is 11.3 Å². The molecule has 3 rings (SSSR count). The number of anilines is 2. The van der Waals surface area contributed by atoms with E-state index >= 15 is 0 Å². The summed E-state index contributed by atoms with van der Waals surface area (Å²) in [5, 5.41) is 13.7. The fourth-order valence-corrected chi connectivity index (χ4v) is 3.83. The summed E-state index contributed by atoms with van der Waals surface area (Å²) in [4.78, 5) is 16.6. The van der Waals surface area contributed by atoms with Gasteiger partial charge in [-0.2, -0.15) is 0 Å². The van der Waals surface area contributed by atoms with Gasteiger partial charge in [0.1, 0.15) is 11.5 Å². The number of carbonyl (C=O) groups is 1. The Labute approximate surface area is 171 Å². The van der Waals surface area contributed by atoms with E-state index in [1.54, 1.807) is 26.4 Å². The molecule has 1 heterocycles. The summed E-state index contributed by atoms with van der Waals surface area (Å²) in [6.07, 6.45) is -0.140. The van der Waals surface area contributed by atoms with E-state index in [9.17, 15) is 9.90 Å². The number of hydrogen-bond acceptors (Lipinski definition) is 6. The smallest absolute Gasteiger partial charge is 0.308 e. The third-order valence-corrected chi connectivity index (χ3v) is 5.47. The highest BCUT2D eigenvalue weighted by molar-refractivity contribution is 7.16. The maximum Gasteiger partial charge on any atom is 0.308 e. The molecule has 6 nitrogen and oxygen atoms in total. The fourth-order valence-electron chi connectivity index (χ4n) is 2.66. The number of rotatable bonds is 7. The fraction of sp³-hybridized carbons (Fsp3) is 0.200. The number of aryl methyl sites for hydroxylation is 1. The Balaban J connectivity index is 2.03. The summed E-state index contributed by atoms with van der Waals surface area (Å²) in [5.41, 5.74) is 3.01. The second-order valence-corrected chi connectivity index (χ2v) is 7.51. The third kappa shape index (κ3) is 4.37. The number of benzene rings is 2. The van der Waals surface area contributed by atoms with E-state index in [0.717, 1.165) is 11.3 Å². The first-order valence-electron chi connectivity index (χ1n) is 8.38. The Kier molecular flexibility index (Phi) is 6.06. The minimum atomic E-state index is -0.928. The number of aromatic nitrogens is 1. The van der Waals surface area contributed by atoms with Gasteiger partial charge in [0.15, 0.2) is 5.13 Å². The normalized spacial score (nSPS) is 10.6. The zero-order valence-corrected chi connectivity index (χ0v) is 17.1. The van der Waals surface area contributed by atoms with Crippen LogP contribution in [0.1, 0.15) is 10.4 Å². The largest absolute Gasteiger partial charge is 0.497 e. The third-order valence-electron chi connectivity index (χ3n) is 4.10. The predicted molar refractivity (Wildman–Crippen MR) is 111 cm³/mol. The van der Waals surface area contributed by atoms with Crippen molar-refractivity contribution in [2.75, 3.05) is 19.5 Å². The molecule has 0 aliphatic heterocycles. The first-order chi connectivity index (χ1) is 13.4. The number of methoxy groups -OCH3 is 2. The number of aliphatic carboxylic acids is 1. The SMILES string of the molecule is COc1ccc(-c2nc(Nc3ccc(C)c(Cl)c3)sc2CC(=O)O)c(OC)c1. The minimum Gasteiger partial charge on any atom is -0.497 e. The van der Waals surface area contributed by atoms with Gasteiger partial charge in [0.25, 0.3) is 0 Å². The zero-order chi connectivity index (χ0) is 20.3. The number of carboxylic acid groups (broad SMARTS) is 1. The van der Waals surface area contributed by atoms with Crippen LogP contribution in [0.25, 0.3) is 11.3 Å². The molecule has 0 radical (unpaired) electrons. The monoisotopic (exact) mass is 418 g/mol. The molecule has 0 saturated heterocycles. The van der Waals surface area contributed by atoms with E-state index in [1.807, 2.05) is 31.2 Å². The molecule has 0 spiro atoms. The Bertz CT molecular complexity index is 1020. The molecule has 1 aromatic heterocycles. The molecule has 146 valence electrons. The van der Waals surface area contributed by atoms with Gasteiger partial charge in [0.05, 0.1) is 26.3 Å². The van der Waals surface area contributed by atoms with Gasteiger partial charge in [-0.1, -0.05) is 17.7 Å². The lowest BCUT2D eigenvalue weighted by molar-refractivity contribution is -0.136.